The van der Waals surface area contributed by atoms with Crippen LogP contribution in [0, 0.1) is 17.7 Å². The number of thiocarbonyl (C=S) groups is 1. The van der Waals surface area contributed by atoms with Crippen LogP contribution in [0.4, 0.5) is 10.1 Å². The molecule has 144 valence electrons. The minimum Gasteiger partial charge on any atom is -0.329 e. The number of rotatable bonds is 4. The summed E-state index contributed by atoms with van der Waals surface area (Å²) in [6.07, 6.45) is 3.38. The van der Waals surface area contributed by atoms with Gasteiger partial charge in [-0.3, -0.25) is 30.1 Å². The van der Waals surface area contributed by atoms with Crippen molar-refractivity contribution in [2.45, 2.75) is 32.1 Å². The molecule has 27 heavy (non-hydrogen) atoms. The molecular formula is C18H21FN4O3S. The molecule has 0 unspecified atom stereocenters. The number of hydrogen-bond donors (Lipinski definition) is 3. The maximum atomic E-state index is 13.5. The van der Waals surface area contributed by atoms with Crippen LogP contribution in [0.3, 0.4) is 0 Å². The van der Waals surface area contributed by atoms with E-state index in [4.69, 9.17) is 12.2 Å². The van der Waals surface area contributed by atoms with Crippen LogP contribution in [0.2, 0.25) is 0 Å². The molecule has 3 rings (SSSR count). The van der Waals surface area contributed by atoms with Gasteiger partial charge in [0.05, 0.1) is 17.5 Å². The van der Waals surface area contributed by atoms with E-state index in [1.165, 1.54) is 17.0 Å². The normalized spacial score (nSPS) is 21.6. The molecule has 1 aromatic carbocycles. The zero-order valence-corrected chi connectivity index (χ0v) is 15.5. The highest BCUT2D eigenvalue weighted by Gasteiger charge is 2.47. The van der Waals surface area contributed by atoms with E-state index in [-0.39, 0.29) is 47.4 Å². The highest BCUT2D eigenvalue weighted by atomic mass is 32.1. The highest BCUT2D eigenvalue weighted by Crippen LogP contribution is 2.37. The lowest BCUT2D eigenvalue weighted by atomic mass is 9.81. The molecule has 1 saturated carbocycles. The predicted molar refractivity (Wildman–Crippen MR) is 101 cm³/mol. The molecule has 0 radical (unpaired) electrons. The fourth-order valence-corrected chi connectivity index (χ4v) is 3.73. The van der Waals surface area contributed by atoms with Gasteiger partial charge in [-0.2, -0.15) is 0 Å². The van der Waals surface area contributed by atoms with Gasteiger partial charge in [0.2, 0.25) is 17.7 Å². The standard InChI is InChI=1S/C18H21FN4O3S/c19-13-7-3-4-8-14(13)20-18(27)22-21-15(24)9-10-23-16(25)11-5-1-2-6-12(11)17(23)26/h3-4,7-8,11-12H,1-2,5-6,9-10H2,(H,21,24)(H2,20,22,27)/t11-,12-/m1/s1. The summed E-state index contributed by atoms with van der Waals surface area (Å²) in [6, 6.07) is 5.99. The zero-order chi connectivity index (χ0) is 19.4. The Morgan fingerprint density at radius 2 is 1.74 bits per heavy atom. The van der Waals surface area contributed by atoms with Gasteiger partial charge in [-0.05, 0) is 37.2 Å². The van der Waals surface area contributed by atoms with E-state index < -0.39 is 11.7 Å². The van der Waals surface area contributed by atoms with Crippen molar-refractivity contribution in [1.29, 1.82) is 0 Å². The Kier molecular flexibility index (Phi) is 6.00. The summed E-state index contributed by atoms with van der Waals surface area (Å²) in [6.45, 7) is 0.0473. The van der Waals surface area contributed by atoms with E-state index in [9.17, 15) is 18.8 Å². The molecular weight excluding hydrogens is 371 g/mol. The Hall–Kier alpha value is -2.55. The predicted octanol–water partition coefficient (Wildman–Crippen LogP) is 1.71. The second-order valence-corrected chi connectivity index (χ2v) is 7.09. The van der Waals surface area contributed by atoms with Gasteiger partial charge in [0.1, 0.15) is 5.82 Å². The Morgan fingerprint density at radius 1 is 1.11 bits per heavy atom. The number of anilines is 1. The third-order valence-corrected chi connectivity index (χ3v) is 5.14. The van der Waals surface area contributed by atoms with E-state index in [1.54, 1.807) is 12.1 Å². The average Bonchev–Trinajstić information content (AvgIpc) is 2.91. The molecule has 0 bridgehead atoms. The van der Waals surface area contributed by atoms with Crippen LogP contribution in [0.1, 0.15) is 32.1 Å². The Bertz CT molecular complexity index is 749. The third-order valence-electron chi connectivity index (χ3n) is 4.93. The maximum Gasteiger partial charge on any atom is 0.240 e. The maximum absolute atomic E-state index is 13.5. The zero-order valence-electron chi connectivity index (χ0n) is 14.7. The number of carbonyl (C=O) groups is 3. The summed E-state index contributed by atoms with van der Waals surface area (Å²) < 4.78 is 13.5. The fourth-order valence-electron chi connectivity index (χ4n) is 3.57. The lowest BCUT2D eigenvalue weighted by molar-refractivity contribution is -0.140. The molecule has 2 fully saturated rings. The molecule has 7 nitrogen and oxygen atoms in total. The van der Waals surface area contributed by atoms with Crippen molar-refractivity contribution >= 4 is 40.7 Å². The summed E-state index contributed by atoms with van der Waals surface area (Å²) in [7, 11) is 0. The number of halogens is 1. The van der Waals surface area contributed by atoms with Crippen molar-refractivity contribution in [2.24, 2.45) is 11.8 Å². The SMILES string of the molecule is O=C(CCN1C(=O)[C@@H]2CCCC[C@H]2C1=O)NNC(=S)Nc1ccccc1F. The molecule has 1 saturated heterocycles. The molecule has 1 heterocycles. The molecule has 3 N–H and O–H groups in total. The number of benzene rings is 1. The second kappa shape index (κ2) is 8.43. The summed E-state index contributed by atoms with van der Waals surface area (Å²) in [5, 5.41) is 2.64. The summed E-state index contributed by atoms with van der Waals surface area (Å²) in [4.78, 5) is 37.9. The van der Waals surface area contributed by atoms with E-state index >= 15 is 0 Å². The number of imide groups is 1. The number of amides is 3. The van der Waals surface area contributed by atoms with Crippen molar-refractivity contribution in [3.63, 3.8) is 0 Å². The van der Waals surface area contributed by atoms with Crippen molar-refractivity contribution in [1.82, 2.24) is 15.8 Å². The number of carbonyl (C=O) groups excluding carboxylic acids is 3. The summed E-state index contributed by atoms with van der Waals surface area (Å²) in [5.41, 5.74) is 5.03. The molecule has 1 aliphatic heterocycles. The minimum atomic E-state index is -0.472. The van der Waals surface area contributed by atoms with Crippen LogP contribution < -0.4 is 16.2 Å². The number of fused-ring (bicyclic) bond motifs is 1. The highest BCUT2D eigenvalue weighted by molar-refractivity contribution is 7.80. The van der Waals surface area contributed by atoms with Gasteiger partial charge in [-0.25, -0.2) is 4.39 Å². The Morgan fingerprint density at radius 3 is 2.37 bits per heavy atom. The van der Waals surface area contributed by atoms with Crippen LogP contribution >= 0.6 is 12.2 Å². The van der Waals surface area contributed by atoms with Crippen molar-refractivity contribution in [2.75, 3.05) is 11.9 Å². The Balaban J connectivity index is 1.43. The Labute approximate surface area is 161 Å². The first-order chi connectivity index (χ1) is 13.0. The van der Waals surface area contributed by atoms with Gasteiger partial charge in [0.25, 0.3) is 0 Å². The smallest absolute Gasteiger partial charge is 0.240 e. The number of nitrogens with one attached hydrogen (secondary N) is 3. The van der Waals surface area contributed by atoms with Crippen LogP contribution in [-0.4, -0.2) is 34.3 Å². The largest absolute Gasteiger partial charge is 0.329 e. The monoisotopic (exact) mass is 392 g/mol. The molecule has 1 aromatic rings. The quantitative estimate of drug-likeness (QED) is 0.411. The minimum absolute atomic E-state index is 0.0211. The molecule has 2 atom stereocenters. The van der Waals surface area contributed by atoms with Crippen LogP contribution in [0.25, 0.3) is 0 Å². The number of likely N-dealkylation sites (tertiary alicyclic amines) is 1. The van der Waals surface area contributed by atoms with Crippen LogP contribution in [-0.2, 0) is 14.4 Å². The molecule has 0 aromatic heterocycles. The van der Waals surface area contributed by atoms with Gasteiger partial charge in [0.15, 0.2) is 5.11 Å². The number of nitrogens with zero attached hydrogens (tertiary/aromatic N) is 1. The fraction of sp³-hybridized carbons (Fsp3) is 0.444. The molecule has 9 heteroatoms. The van der Waals surface area contributed by atoms with E-state index in [0.29, 0.717) is 0 Å². The van der Waals surface area contributed by atoms with E-state index in [1.807, 2.05) is 0 Å². The van der Waals surface area contributed by atoms with Gasteiger partial charge < -0.3 is 5.32 Å². The number of hydrogen-bond acceptors (Lipinski definition) is 4. The first-order valence-corrected chi connectivity index (χ1v) is 9.34. The van der Waals surface area contributed by atoms with Crippen LogP contribution in [0.5, 0.6) is 0 Å². The van der Waals surface area contributed by atoms with Crippen molar-refractivity contribution in [3.05, 3.63) is 30.1 Å². The van der Waals surface area contributed by atoms with Crippen molar-refractivity contribution in [3.8, 4) is 0 Å². The van der Waals surface area contributed by atoms with E-state index in [2.05, 4.69) is 16.2 Å². The first kappa shape index (κ1) is 19.2. The van der Waals surface area contributed by atoms with Crippen molar-refractivity contribution < 1.29 is 18.8 Å². The second-order valence-electron chi connectivity index (χ2n) is 6.68. The van der Waals surface area contributed by atoms with Crippen LogP contribution in [0.15, 0.2) is 24.3 Å². The molecule has 0 spiro atoms. The third kappa shape index (κ3) is 4.41. The summed E-state index contributed by atoms with van der Waals surface area (Å²) >= 11 is 4.99. The molecule has 1 aliphatic carbocycles. The van der Waals surface area contributed by atoms with Gasteiger partial charge >= 0.3 is 0 Å². The van der Waals surface area contributed by atoms with Gasteiger partial charge in [0, 0.05) is 13.0 Å². The van der Waals surface area contributed by atoms with Gasteiger partial charge in [-0.1, -0.05) is 25.0 Å². The summed E-state index contributed by atoms with van der Waals surface area (Å²) in [5.74, 6) is -1.66. The number of para-hydroxylation sites is 1. The first-order valence-electron chi connectivity index (χ1n) is 8.93. The lowest BCUT2D eigenvalue weighted by Gasteiger charge is -2.19. The lowest BCUT2D eigenvalue weighted by Crippen LogP contribution is -2.45. The average molecular weight is 392 g/mol. The topological polar surface area (TPSA) is 90.5 Å². The van der Waals surface area contributed by atoms with E-state index in [0.717, 1.165) is 25.7 Å². The molecule has 2 aliphatic rings. The van der Waals surface area contributed by atoms with Gasteiger partial charge in [-0.15, -0.1) is 0 Å². The number of hydrazine groups is 1. The molecule has 3 amide bonds.